The molecule has 1 spiro atoms. The van der Waals surface area contributed by atoms with E-state index in [1.807, 2.05) is 26.8 Å². The summed E-state index contributed by atoms with van der Waals surface area (Å²) in [6.07, 6.45) is 2.96. The van der Waals surface area contributed by atoms with Gasteiger partial charge in [-0.1, -0.05) is 6.07 Å². The van der Waals surface area contributed by atoms with Crippen molar-refractivity contribution in [2.45, 2.75) is 64.8 Å². The summed E-state index contributed by atoms with van der Waals surface area (Å²) in [4.78, 5) is 12.7. The van der Waals surface area contributed by atoms with Crippen molar-refractivity contribution >= 4 is 11.5 Å². The van der Waals surface area contributed by atoms with E-state index in [1.165, 1.54) is 0 Å². The number of aliphatic hydroxyl groups is 1. The van der Waals surface area contributed by atoms with E-state index in [1.54, 1.807) is 7.11 Å². The number of ether oxygens (including phenoxy) is 1. The minimum atomic E-state index is -0.736. The zero-order valence-corrected chi connectivity index (χ0v) is 15.3. The van der Waals surface area contributed by atoms with Crippen LogP contribution in [0.1, 0.15) is 53.5 Å². The van der Waals surface area contributed by atoms with E-state index < -0.39 is 12.2 Å². The summed E-state index contributed by atoms with van der Waals surface area (Å²) in [6, 6.07) is 1.95. The molecule has 0 saturated heterocycles. The number of methoxy groups -OCH3 is 1. The molecule has 2 N–H and O–H groups in total. The molecule has 1 aromatic carbocycles. The van der Waals surface area contributed by atoms with Crippen LogP contribution in [0.5, 0.6) is 0 Å². The van der Waals surface area contributed by atoms with E-state index >= 15 is 0 Å². The summed E-state index contributed by atoms with van der Waals surface area (Å²) in [5, 5.41) is 14.0. The molecular weight excluding hydrogens is 321 g/mol. The van der Waals surface area contributed by atoms with Crippen LogP contribution in [0, 0.1) is 20.8 Å². The largest absolute Gasteiger partial charge is 0.509 e. The summed E-state index contributed by atoms with van der Waals surface area (Å²) in [6.45, 7) is 4.99. The maximum absolute atomic E-state index is 13.8. The number of nitrogens with one attached hydrogen (secondary N) is 1. The fourth-order valence-corrected chi connectivity index (χ4v) is 4.28. The van der Waals surface area contributed by atoms with Gasteiger partial charge in [0.15, 0.2) is 0 Å². The van der Waals surface area contributed by atoms with E-state index in [0.717, 1.165) is 29.5 Å². The molecule has 0 unspecified atom stereocenters. The summed E-state index contributed by atoms with van der Waals surface area (Å²) in [5.74, 6) is -0.248. The van der Waals surface area contributed by atoms with E-state index in [9.17, 15) is 14.3 Å². The topological polar surface area (TPSA) is 58.6 Å². The van der Waals surface area contributed by atoms with Gasteiger partial charge in [0.05, 0.1) is 17.2 Å². The molecule has 1 aliphatic carbocycles. The van der Waals surface area contributed by atoms with Crippen molar-refractivity contribution in [3.8, 4) is 0 Å². The molecule has 1 heterocycles. The van der Waals surface area contributed by atoms with Crippen LogP contribution < -0.4 is 5.32 Å². The van der Waals surface area contributed by atoms with Crippen LogP contribution in [0.3, 0.4) is 0 Å². The van der Waals surface area contributed by atoms with Crippen molar-refractivity contribution in [2.24, 2.45) is 0 Å². The van der Waals surface area contributed by atoms with Gasteiger partial charge in [0, 0.05) is 7.11 Å². The number of amides is 1. The van der Waals surface area contributed by atoms with Crippen LogP contribution in [0.4, 0.5) is 4.39 Å². The predicted octanol–water partition coefficient (Wildman–Crippen LogP) is 3.81. The average molecular weight is 347 g/mol. The smallest absolute Gasteiger partial charge is 0.256 e. The molecule has 0 radical (unpaired) electrons. The second-order valence-electron chi connectivity index (χ2n) is 7.32. The zero-order chi connectivity index (χ0) is 18.4. The first kappa shape index (κ1) is 17.9. The van der Waals surface area contributed by atoms with Crippen molar-refractivity contribution in [3.63, 3.8) is 0 Å². The molecular formula is C20H26FNO3. The lowest BCUT2D eigenvalue weighted by molar-refractivity contribution is -0.116. The predicted molar refractivity (Wildman–Crippen MR) is 95.2 cm³/mol. The number of rotatable bonds is 3. The maximum atomic E-state index is 13.8. The lowest BCUT2D eigenvalue weighted by atomic mass is 9.78. The minimum Gasteiger partial charge on any atom is -0.509 e. The van der Waals surface area contributed by atoms with Crippen molar-refractivity contribution in [2.75, 3.05) is 7.11 Å². The highest BCUT2D eigenvalue weighted by Gasteiger charge is 2.48. The Labute approximate surface area is 148 Å². The Hall–Kier alpha value is -1.88. The van der Waals surface area contributed by atoms with Gasteiger partial charge in [-0.05, 0) is 74.3 Å². The van der Waals surface area contributed by atoms with Gasteiger partial charge >= 0.3 is 0 Å². The number of halogens is 1. The molecule has 1 fully saturated rings. The molecule has 1 aromatic rings. The molecule has 0 bridgehead atoms. The second kappa shape index (κ2) is 6.45. The number of hydrogen-bond donors (Lipinski definition) is 2. The maximum Gasteiger partial charge on any atom is 0.256 e. The van der Waals surface area contributed by atoms with Crippen LogP contribution in [-0.4, -0.2) is 29.8 Å². The van der Waals surface area contributed by atoms with Gasteiger partial charge < -0.3 is 15.2 Å². The standard InChI is InChI=1S/C20H26FNO3/c1-11-9-12(2)16(15(10-21)13(11)3)17-18(23)20(22-19(17)24)7-5-14(25-4)6-8-20/h9,14,23H,5-8,10H2,1-4H3,(H,22,24). The van der Waals surface area contributed by atoms with E-state index in [0.29, 0.717) is 24.0 Å². The fraction of sp³-hybridized carbons (Fsp3) is 0.550. The highest BCUT2D eigenvalue weighted by Crippen LogP contribution is 2.43. The molecule has 2 aliphatic rings. The van der Waals surface area contributed by atoms with Gasteiger partial charge in [-0.25, -0.2) is 4.39 Å². The first-order valence-corrected chi connectivity index (χ1v) is 8.79. The minimum absolute atomic E-state index is 0.0631. The third-order valence-electron chi connectivity index (χ3n) is 5.95. The second-order valence-corrected chi connectivity index (χ2v) is 7.32. The third kappa shape index (κ3) is 2.74. The van der Waals surface area contributed by atoms with Crippen LogP contribution in [-0.2, 0) is 16.2 Å². The lowest BCUT2D eigenvalue weighted by Crippen LogP contribution is -2.48. The quantitative estimate of drug-likeness (QED) is 0.874. The molecule has 0 atom stereocenters. The molecule has 25 heavy (non-hydrogen) atoms. The Morgan fingerprint density at radius 1 is 1.28 bits per heavy atom. The third-order valence-corrected chi connectivity index (χ3v) is 5.95. The SMILES string of the molecule is COC1CCC2(CC1)NC(=O)C(c1c(C)cc(C)c(C)c1CF)=C2O. The number of carbonyl (C=O) groups is 1. The van der Waals surface area contributed by atoms with Gasteiger partial charge in [-0.2, -0.15) is 0 Å². The fourth-order valence-electron chi connectivity index (χ4n) is 4.28. The molecule has 136 valence electrons. The number of aryl methyl sites for hydroxylation is 2. The van der Waals surface area contributed by atoms with E-state index in [2.05, 4.69) is 5.32 Å². The summed E-state index contributed by atoms with van der Waals surface area (Å²) < 4.78 is 19.2. The van der Waals surface area contributed by atoms with Crippen molar-refractivity contribution in [3.05, 3.63) is 39.6 Å². The molecule has 1 saturated carbocycles. The van der Waals surface area contributed by atoms with Crippen molar-refractivity contribution < 1.29 is 19.0 Å². The molecule has 3 rings (SSSR count). The number of benzene rings is 1. The molecule has 4 nitrogen and oxygen atoms in total. The van der Waals surface area contributed by atoms with E-state index in [-0.39, 0.29) is 23.3 Å². The highest BCUT2D eigenvalue weighted by atomic mass is 19.1. The van der Waals surface area contributed by atoms with E-state index in [4.69, 9.17) is 4.74 Å². The average Bonchev–Trinajstić information content (AvgIpc) is 2.82. The van der Waals surface area contributed by atoms with Gasteiger partial charge in [0.25, 0.3) is 5.91 Å². The van der Waals surface area contributed by atoms with Crippen LogP contribution in [0.25, 0.3) is 5.57 Å². The van der Waals surface area contributed by atoms with Gasteiger partial charge in [-0.15, -0.1) is 0 Å². The number of alkyl halides is 1. The number of hydrogen-bond acceptors (Lipinski definition) is 3. The zero-order valence-electron chi connectivity index (χ0n) is 15.3. The summed E-state index contributed by atoms with van der Waals surface area (Å²) in [7, 11) is 1.68. The Morgan fingerprint density at radius 3 is 2.48 bits per heavy atom. The number of aliphatic hydroxyl groups excluding tert-OH is 1. The van der Waals surface area contributed by atoms with Crippen molar-refractivity contribution in [1.82, 2.24) is 5.32 Å². The number of carbonyl (C=O) groups excluding carboxylic acids is 1. The summed E-state index contributed by atoms with van der Waals surface area (Å²) >= 11 is 0. The first-order chi connectivity index (χ1) is 11.8. The Balaban J connectivity index is 2.11. The van der Waals surface area contributed by atoms with Gasteiger partial charge in [0.2, 0.25) is 0 Å². The monoisotopic (exact) mass is 347 g/mol. The molecule has 5 heteroatoms. The van der Waals surface area contributed by atoms with Crippen LogP contribution >= 0.6 is 0 Å². The van der Waals surface area contributed by atoms with Gasteiger partial charge in [0.1, 0.15) is 12.4 Å². The lowest BCUT2D eigenvalue weighted by Gasteiger charge is -2.36. The Kier molecular flexibility index (Phi) is 4.62. The highest BCUT2D eigenvalue weighted by molar-refractivity contribution is 6.24. The van der Waals surface area contributed by atoms with Gasteiger partial charge in [-0.3, -0.25) is 4.79 Å². The Bertz CT molecular complexity index is 746. The summed E-state index contributed by atoms with van der Waals surface area (Å²) in [5.41, 5.74) is 3.19. The van der Waals surface area contributed by atoms with Crippen LogP contribution in [0.15, 0.2) is 11.8 Å². The Morgan fingerprint density at radius 2 is 1.92 bits per heavy atom. The van der Waals surface area contributed by atoms with Crippen molar-refractivity contribution in [1.29, 1.82) is 0 Å². The van der Waals surface area contributed by atoms with Crippen LogP contribution in [0.2, 0.25) is 0 Å². The molecule has 0 aromatic heterocycles. The molecule has 1 aliphatic heterocycles. The molecule has 1 amide bonds. The normalized spacial score (nSPS) is 26.4. The first-order valence-electron chi connectivity index (χ1n) is 8.79.